The fraction of sp³-hybridized carbons (Fsp3) is 0.923. The molecule has 0 unspecified atom stereocenters. The van der Waals surface area contributed by atoms with E-state index in [1.54, 1.807) is 0 Å². The quantitative estimate of drug-likeness (QED) is 0.352. The highest BCUT2D eigenvalue weighted by Crippen LogP contribution is 1.93. The minimum Gasteiger partial charge on any atom is -0.381 e. The minimum absolute atomic E-state index is 0.106. The molecule has 2 N–H and O–H groups in total. The smallest absolute Gasteiger partial charge is 0.191 e. The second-order valence-corrected chi connectivity index (χ2v) is 7.40. The summed E-state index contributed by atoms with van der Waals surface area (Å²) in [6.45, 7) is 9.45. The number of guanidine groups is 1. The molecule has 0 aliphatic carbocycles. The lowest BCUT2D eigenvalue weighted by atomic mass is 10.2. The molecule has 120 valence electrons. The Morgan fingerprint density at radius 2 is 2.00 bits per heavy atom. The van der Waals surface area contributed by atoms with Crippen LogP contribution in [0.15, 0.2) is 4.99 Å². The van der Waals surface area contributed by atoms with Crippen LogP contribution in [0.4, 0.5) is 0 Å². The fourth-order valence-electron chi connectivity index (χ4n) is 1.37. The summed E-state index contributed by atoms with van der Waals surface area (Å²) in [5.74, 6) is 1.31. The van der Waals surface area contributed by atoms with Crippen LogP contribution in [-0.4, -0.2) is 59.2 Å². The monoisotopic (exact) mass is 307 g/mol. The van der Waals surface area contributed by atoms with Gasteiger partial charge < -0.3 is 15.4 Å². The second-order valence-electron chi connectivity index (χ2n) is 5.14. The van der Waals surface area contributed by atoms with E-state index in [1.165, 1.54) is 6.26 Å². The standard InChI is InChI=1S/C13H29N3O3S/c1-5-14-13(16-8-10-20(4,17)18)15-7-6-9-19-11-12(2)3/h12H,5-11H2,1-4H3,(H2,14,15,16). The molecule has 0 heterocycles. The second kappa shape index (κ2) is 10.9. The van der Waals surface area contributed by atoms with E-state index in [-0.39, 0.29) is 5.75 Å². The van der Waals surface area contributed by atoms with Crippen molar-refractivity contribution in [3.8, 4) is 0 Å². The van der Waals surface area contributed by atoms with E-state index in [4.69, 9.17) is 4.74 Å². The molecule has 0 aliphatic heterocycles. The summed E-state index contributed by atoms with van der Waals surface area (Å²) >= 11 is 0. The van der Waals surface area contributed by atoms with Gasteiger partial charge >= 0.3 is 0 Å². The maximum atomic E-state index is 11.0. The SMILES string of the molecule is CCNC(=NCCCOCC(C)C)NCCS(C)(=O)=O. The van der Waals surface area contributed by atoms with Gasteiger partial charge in [0.05, 0.1) is 5.75 Å². The zero-order valence-corrected chi connectivity index (χ0v) is 13.9. The van der Waals surface area contributed by atoms with Gasteiger partial charge in [-0.05, 0) is 19.3 Å². The average Bonchev–Trinajstić information content (AvgIpc) is 2.31. The van der Waals surface area contributed by atoms with E-state index in [0.29, 0.717) is 31.6 Å². The predicted molar refractivity (Wildman–Crippen MR) is 84.0 cm³/mol. The lowest BCUT2D eigenvalue weighted by molar-refractivity contribution is 0.109. The zero-order chi connectivity index (χ0) is 15.4. The van der Waals surface area contributed by atoms with Gasteiger partial charge in [-0.15, -0.1) is 0 Å². The zero-order valence-electron chi connectivity index (χ0n) is 13.1. The van der Waals surface area contributed by atoms with Crippen molar-refractivity contribution in [2.75, 3.05) is 44.9 Å². The predicted octanol–water partition coefficient (Wildman–Crippen LogP) is 0.649. The molecule has 0 saturated heterocycles. The number of hydrogen-bond donors (Lipinski definition) is 2. The number of ether oxygens (including phenoxy) is 1. The van der Waals surface area contributed by atoms with Crippen LogP contribution in [0.2, 0.25) is 0 Å². The third kappa shape index (κ3) is 13.6. The Bertz CT molecular complexity index is 367. The van der Waals surface area contributed by atoms with Gasteiger partial charge in [0, 0.05) is 39.1 Å². The normalized spacial score (nSPS) is 12.8. The highest BCUT2D eigenvalue weighted by Gasteiger charge is 2.02. The molecule has 0 spiro atoms. The van der Waals surface area contributed by atoms with E-state index in [1.807, 2.05) is 6.92 Å². The molecule has 0 bridgehead atoms. The van der Waals surface area contributed by atoms with Crippen molar-refractivity contribution in [1.82, 2.24) is 10.6 Å². The minimum atomic E-state index is -2.94. The highest BCUT2D eigenvalue weighted by atomic mass is 32.2. The van der Waals surface area contributed by atoms with Crippen LogP contribution < -0.4 is 10.6 Å². The number of aliphatic imine (C=N–C) groups is 1. The van der Waals surface area contributed by atoms with Crippen LogP contribution in [0.5, 0.6) is 0 Å². The first kappa shape index (κ1) is 19.2. The van der Waals surface area contributed by atoms with Crippen LogP contribution in [-0.2, 0) is 14.6 Å². The average molecular weight is 307 g/mol. The largest absolute Gasteiger partial charge is 0.381 e. The Kier molecular flexibility index (Phi) is 10.5. The van der Waals surface area contributed by atoms with E-state index in [0.717, 1.165) is 19.6 Å². The number of nitrogens with one attached hydrogen (secondary N) is 2. The summed E-state index contributed by atoms with van der Waals surface area (Å²) in [5, 5.41) is 6.09. The molecule has 7 heteroatoms. The third-order valence-corrected chi connectivity index (χ3v) is 3.22. The van der Waals surface area contributed by atoms with E-state index in [9.17, 15) is 8.42 Å². The van der Waals surface area contributed by atoms with Gasteiger partial charge in [-0.1, -0.05) is 13.8 Å². The Morgan fingerprint density at radius 1 is 1.30 bits per heavy atom. The van der Waals surface area contributed by atoms with Crippen molar-refractivity contribution in [3.05, 3.63) is 0 Å². The molecular formula is C13H29N3O3S. The summed E-state index contributed by atoms with van der Waals surface area (Å²) in [5.41, 5.74) is 0. The summed E-state index contributed by atoms with van der Waals surface area (Å²) in [7, 11) is -2.94. The fourth-order valence-corrected chi connectivity index (χ4v) is 1.85. The Hall–Kier alpha value is -0.820. The van der Waals surface area contributed by atoms with Crippen LogP contribution in [0.3, 0.4) is 0 Å². The number of hydrogen-bond acceptors (Lipinski definition) is 4. The van der Waals surface area contributed by atoms with Crippen LogP contribution >= 0.6 is 0 Å². The van der Waals surface area contributed by atoms with Gasteiger partial charge in [-0.2, -0.15) is 0 Å². The van der Waals surface area contributed by atoms with Crippen molar-refractivity contribution < 1.29 is 13.2 Å². The van der Waals surface area contributed by atoms with Gasteiger partial charge in [0.15, 0.2) is 5.96 Å². The lowest BCUT2D eigenvalue weighted by Crippen LogP contribution is -2.39. The summed E-state index contributed by atoms with van der Waals surface area (Å²) in [6, 6.07) is 0. The molecular weight excluding hydrogens is 278 g/mol. The number of nitrogens with zero attached hydrogens (tertiary/aromatic N) is 1. The van der Waals surface area contributed by atoms with Crippen molar-refractivity contribution in [3.63, 3.8) is 0 Å². The maximum Gasteiger partial charge on any atom is 0.191 e. The molecule has 0 aromatic rings. The summed E-state index contributed by atoms with van der Waals surface area (Å²) in [4.78, 5) is 4.37. The van der Waals surface area contributed by atoms with Crippen LogP contribution in [0.1, 0.15) is 27.2 Å². The van der Waals surface area contributed by atoms with Crippen molar-refractivity contribution >= 4 is 15.8 Å². The number of rotatable bonds is 10. The van der Waals surface area contributed by atoms with E-state index < -0.39 is 9.84 Å². The molecule has 0 aromatic heterocycles. The van der Waals surface area contributed by atoms with Crippen molar-refractivity contribution in [1.29, 1.82) is 0 Å². The molecule has 0 fully saturated rings. The molecule has 0 rings (SSSR count). The van der Waals surface area contributed by atoms with Crippen LogP contribution in [0.25, 0.3) is 0 Å². The first-order valence-corrected chi connectivity index (χ1v) is 9.19. The lowest BCUT2D eigenvalue weighted by Gasteiger charge is -2.11. The van der Waals surface area contributed by atoms with Gasteiger partial charge in [0.25, 0.3) is 0 Å². The third-order valence-electron chi connectivity index (χ3n) is 2.28. The molecule has 0 saturated carbocycles. The maximum absolute atomic E-state index is 11.0. The van der Waals surface area contributed by atoms with Crippen LogP contribution in [0, 0.1) is 5.92 Å². The molecule has 6 nitrogen and oxygen atoms in total. The van der Waals surface area contributed by atoms with Gasteiger partial charge in [-0.25, -0.2) is 8.42 Å². The Balaban J connectivity index is 3.89. The topological polar surface area (TPSA) is 79.8 Å². The molecule has 0 aliphatic rings. The molecule has 0 atom stereocenters. The molecule has 0 radical (unpaired) electrons. The summed E-state index contributed by atoms with van der Waals surface area (Å²) < 4.78 is 27.6. The van der Waals surface area contributed by atoms with Gasteiger partial charge in [0.2, 0.25) is 0 Å². The van der Waals surface area contributed by atoms with Crippen molar-refractivity contribution in [2.45, 2.75) is 27.2 Å². The van der Waals surface area contributed by atoms with Gasteiger partial charge in [0.1, 0.15) is 9.84 Å². The first-order chi connectivity index (χ1) is 9.35. The first-order valence-electron chi connectivity index (χ1n) is 7.12. The molecule has 0 amide bonds. The van der Waals surface area contributed by atoms with Gasteiger partial charge in [-0.3, -0.25) is 4.99 Å². The number of sulfone groups is 1. The Morgan fingerprint density at radius 3 is 2.55 bits per heavy atom. The van der Waals surface area contributed by atoms with E-state index in [2.05, 4.69) is 29.5 Å². The van der Waals surface area contributed by atoms with Crippen molar-refractivity contribution in [2.24, 2.45) is 10.9 Å². The molecule has 20 heavy (non-hydrogen) atoms. The summed E-state index contributed by atoms with van der Waals surface area (Å²) in [6.07, 6.45) is 2.08. The molecule has 0 aromatic carbocycles. The highest BCUT2D eigenvalue weighted by molar-refractivity contribution is 7.90. The Labute approximate surface area is 123 Å². The van der Waals surface area contributed by atoms with E-state index >= 15 is 0 Å².